The van der Waals surface area contributed by atoms with Crippen LogP contribution in [0.3, 0.4) is 0 Å². The lowest BCUT2D eigenvalue weighted by Gasteiger charge is -2.02. The van der Waals surface area contributed by atoms with Crippen molar-refractivity contribution >= 4 is 11.8 Å². The Morgan fingerprint density at radius 1 is 1.43 bits per heavy atom. The largest absolute Gasteiger partial charge is 0.159 e. The molecule has 0 N–H and O–H groups in total. The maximum atomic E-state index is 2.27. The third kappa shape index (κ3) is 4.20. The molecule has 0 radical (unpaired) electrons. The lowest BCUT2D eigenvalue weighted by atomic mass is 10.4. The summed E-state index contributed by atoms with van der Waals surface area (Å²) in [7, 11) is 0. The second-order valence-corrected chi connectivity index (χ2v) is 3.39. The van der Waals surface area contributed by atoms with Gasteiger partial charge >= 0.3 is 0 Å². The molecule has 0 saturated heterocycles. The fourth-order valence-electron chi connectivity index (χ4n) is 0.402. The maximum Gasteiger partial charge on any atom is 0.00159 e. The van der Waals surface area contributed by atoms with Crippen LogP contribution < -0.4 is 0 Å². The second kappa shape index (κ2) is 4.51. The van der Waals surface area contributed by atoms with Crippen molar-refractivity contribution in [3.63, 3.8) is 0 Å². The van der Waals surface area contributed by atoms with Crippen molar-refractivity contribution in [2.24, 2.45) is 0 Å². The highest BCUT2D eigenvalue weighted by molar-refractivity contribution is 7.99. The summed E-state index contributed by atoms with van der Waals surface area (Å²) >= 11 is 2.03. The summed E-state index contributed by atoms with van der Waals surface area (Å²) in [6.45, 7) is 6.71. The number of hydrogen-bond donors (Lipinski definition) is 0. The van der Waals surface area contributed by atoms with E-state index in [4.69, 9.17) is 0 Å². The van der Waals surface area contributed by atoms with Gasteiger partial charge in [0.2, 0.25) is 0 Å². The van der Waals surface area contributed by atoms with E-state index in [9.17, 15) is 0 Å². The molecular weight excluding hydrogens is 104 g/mol. The van der Waals surface area contributed by atoms with Gasteiger partial charge in [0, 0.05) is 5.25 Å². The van der Waals surface area contributed by atoms with E-state index < -0.39 is 0 Å². The van der Waals surface area contributed by atoms with Crippen molar-refractivity contribution < 1.29 is 0 Å². The van der Waals surface area contributed by atoms with Crippen LogP contribution in [0.1, 0.15) is 27.2 Å². The highest BCUT2D eigenvalue weighted by Gasteiger charge is 1.92. The van der Waals surface area contributed by atoms with Crippen LogP contribution >= 0.6 is 11.8 Å². The Morgan fingerprint density at radius 2 is 2.00 bits per heavy atom. The monoisotopic (exact) mass is 118 g/mol. The minimum absolute atomic E-state index is 0.866. The van der Waals surface area contributed by atoms with Crippen LogP contribution in [0.2, 0.25) is 0 Å². The number of thioether (sulfide) groups is 1. The van der Waals surface area contributed by atoms with Crippen LogP contribution in [0.25, 0.3) is 0 Å². The Labute approximate surface area is 50.7 Å². The lowest BCUT2D eigenvalue weighted by molar-refractivity contribution is 0.906. The zero-order valence-electron chi connectivity index (χ0n) is 5.40. The molecule has 0 aliphatic heterocycles. The van der Waals surface area contributed by atoms with Gasteiger partial charge in [0.25, 0.3) is 0 Å². The summed E-state index contributed by atoms with van der Waals surface area (Å²) in [5, 5.41) is 0.866. The van der Waals surface area contributed by atoms with E-state index in [1.807, 2.05) is 11.8 Å². The molecule has 1 heteroatoms. The first kappa shape index (κ1) is 7.35. The molecule has 0 heterocycles. The Kier molecular flexibility index (Phi) is 4.73. The summed E-state index contributed by atoms with van der Waals surface area (Å²) in [5.74, 6) is 1.26. The van der Waals surface area contributed by atoms with E-state index >= 15 is 0 Å². The van der Waals surface area contributed by atoms with Crippen LogP contribution in [0.15, 0.2) is 0 Å². The summed E-state index contributed by atoms with van der Waals surface area (Å²) < 4.78 is 0. The van der Waals surface area contributed by atoms with E-state index in [0.717, 1.165) is 5.25 Å². The van der Waals surface area contributed by atoms with Gasteiger partial charge in [0.1, 0.15) is 0 Å². The molecule has 0 spiro atoms. The van der Waals surface area contributed by atoms with Crippen LogP contribution in [0, 0.1) is 0 Å². The van der Waals surface area contributed by atoms with Crippen molar-refractivity contribution in [2.45, 2.75) is 32.4 Å². The maximum absolute atomic E-state index is 2.27. The van der Waals surface area contributed by atoms with Gasteiger partial charge in [-0.3, -0.25) is 0 Å². The highest BCUT2D eigenvalue weighted by atomic mass is 32.2. The summed E-state index contributed by atoms with van der Waals surface area (Å²) in [5.41, 5.74) is 0. The molecule has 0 nitrogen and oxygen atoms in total. The van der Waals surface area contributed by atoms with E-state index in [0.29, 0.717) is 0 Å². The molecule has 0 aromatic heterocycles. The standard InChI is InChI=1S/C6H14S/c1-4-6(3)7-5-2/h6H,4-5H2,1-3H3/t6-/m1/s1. The van der Waals surface area contributed by atoms with Crippen molar-refractivity contribution in [3.05, 3.63) is 0 Å². The van der Waals surface area contributed by atoms with Gasteiger partial charge in [-0.2, -0.15) is 11.8 Å². The third-order valence-corrected chi connectivity index (χ3v) is 2.26. The van der Waals surface area contributed by atoms with E-state index in [1.54, 1.807) is 0 Å². The smallest absolute Gasteiger partial charge is 0.00159 e. The minimum Gasteiger partial charge on any atom is -0.159 e. The van der Waals surface area contributed by atoms with Crippen LogP contribution in [0.4, 0.5) is 0 Å². The van der Waals surface area contributed by atoms with Gasteiger partial charge in [-0.05, 0) is 12.2 Å². The zero-order chi connectivity index (χ0) is 5.70. The van der Waals surface area contributed by atoms with Gasteiger partial charge < -0.3 is 0 Å². The van der Waals surface area contributed by atoms with Gasteiger partial charge in [0.15, 0.2) is 0 Å². The SMILES string of the molecule is CCS[C@H](C)CC. The topological polar surface area (TPSA) is 0 Å². The minimum atomic E-state index is 0.866. The molecule has 0 aromatic carbocycles. The molecule has 7 heavy (non-hydrogen) atoms. The summed E-state index contributed by atoms with van der Waals surface area (Å²) in [4.78, 5) is 0. The van der Waals surface area contributed by atoms with Crippen molar-refractivity contribution in [2.75, 3.05) is 5.75 Å². The molecule has 0 bridgehead atoms. The molecule has 0 saturated carbocycles. The second-order valence-electron chi connectivity index (χ2n) is 1.67. The highest BCUT2D eigenvalue weighted by Crippen LogP contribution is 2.11. The molecule has 44 valence electrons. The van der Waals surface area contributed by atoms with Crippen LogP contribution in [-0.2, 0) is 0 Å². The quantitative estimate of drug-likeness (QED) is 0.548. The molecule has 0 fully saturated rings. The Balaban J connectivity index is 2.83. The van der Waals surface area contributed by atoms with Gasteiger partial charge in [-0.25, -0.2) is 0 Å². The predicted octanol–water partition coefficient (Wildman–Crippen LogP) is 2.54. The fraction of sp³-hybridized carbons (Fsp3) is 1.00. The third-order valence-electron chi connectivity index (χ3n) is 1.03. The molecule has 0 unspecified atom stereocenters. The molecule has 0 aliphatic rings. The van der Waals surface area contributed by atoms with E-state index in [2.05, 4.69) is 20.8 Å². The average Bonchev–Trinajstić information content (AvgIpc) is 1.68. The van der Waals surface area contributed by atoms with Crippen LogP contribution in [-0.4, -0.2) is 11.0 Å². The summed E-state index contributed by atoms with van der Waals surface area (Å²) in [6, 6.07) is 0. The Bertz CT molecular complexity index is 35.2. The molecule has 0 rings (SSSR count). The van der Waals surface area contributed by atoms with E-state index in [-0.39, 0.29) is 0 Å². The van der Waals surface area contributed by atoms with Gasteiger partial charge in [-0.1, -0.05) is 20.8 Å². The molecule has 1 atom stereocenters. The lowest BCUT2D eigenvalue weighted by Crippen LogP contribution is -1.91. The van der Waals surface area contributed by atoms with E-state index in [1.165, 1.54) is 12.2 Å². The van der Waals surface area contributed by atoms with Crippen molar-refractivity contribution in [1.82, 2.24) is 0 Å². The molecule has 0 aliphatic carbocycles. The Morgan fingerprint density at radius 3 is 2.14 bits per heavy atom. The number of hydrogen-bond acceptors (Lipinski definition) is 1. The van der Waals surface area contributed by atoms with Gasteiger partial charge in [0.05, 0.1) is 0 Å². The van der Waals surface area contributed by atoms with Crippen LogP contribution in [0.5, 0.6) is 0 Å². The first-order valence-electron chi connectivity index (χ1n) is 2.92. The first-order chi connectivity index (χ1) is 3.31. The number of rotatable bonds is 3. The van der Waals surface area contributed by atoms with Crippen molar-refractivity contribution in [3.8, 4) is 0 Å². The van der Waals surface area contributed by atoms with Crippen molar-refractivity contribution in [1.29, 1.82) is 0 Å². The molecule has 0 aromatic rings. The average molecular weight is 118 g/mol. The molecular formula is C6H14S. The predicted molar refractivity (Wildman–Crippen MR) is 37.9 cm³/mol. The Hall–Kier alpha value is 0.350. The molecule has 0 amide bonds. The first-order valence-corrected chi connectivity index (χ1v) is 3.97. The summed E-state index contributed by atoms with van der Waals surface area (Å²) in [6.07, 6.45) is 1.30. The normalized spacial score (nSPS) is 14.1. The zero-order valence-corrected chi connectivity index (χ0v) is 6.22. The van der Waals surface area contributed by atoms with Gasteiger partial charge in [-0.15, -0.1) is 0 Å². The fourth-order valence-corrected chi connectivity index (χ4v) is 1.21.